The zero-order valence-corrected chi connectivity index (χ0v) is 17.2. The fraction of sp³-hybridized carbons (Fsp3) is 0.333. The summed E-state index contributed by atoms with van der Waals surface area (Å²) in [5, 5.41) is 0.698. The van der Waals surface area contributed by atoms with Crippen molar-refractivity contribution in [2.24, 2.45) is 0 Å². The number of likely N-dealkylation sites (N-methyl/N-ethyl adjacent to an activating group) is 1. The summed E-state index contributed by atoms with van der Waals surface area (Å²) in [6.45, 7) is 3.80. The molecule has 0 unspecified atom stereocenters. The van der Waals surface area contributed by atoms with Crippen molar-refractivity contribution in [3.8, 4) is 11.5 Å². The Morgan fingerprint density at radius 3 is 2.32 bits per heavy atom. The van der Waals surface area contributed by atoms with Crippen molar-refractivity contribution in [3.63, 3.8) is 0 Å². The predicted octanol–water partition coefficient (Wildman–Crippen LogP) is 3.67. The number of carbonyl (C=O) groups is 1. The molecule has 0 N–H and O–H groups in total. The van der Waals surface area contributed by atoms with Crippen LogP contribution >= 0.6 is 11.3 Å². The Labute approximate surface area is 169 Å². The molecule has 0 aliphatic rings. The van der Waals surface area contributed by atoms with Crippen LogP contribution in [0.1, 0.15) is 6.92 Å². The van der Waals surface area contributed by atoms with Crippen LogP contribution in [-0.2, 0) is 4.79 Å². The number of hydrogen-bond acceptors (Lipinski definition) is 6. The van der Waals surface area contributed by atoms with Gasteiger partial charge in [-0.05, 0) is 57.4 Å². The van der Waals surface area contributed by atoms with Gasteiger partial charge in [0.05, 0.1) is 16.8 Å². The smallest absolute Gasteiger partial charge is 0.266 e. The van der Waals surface area contributed by atoms with Crippen LogP contribution in [0.25, 0.3) is 10.2 Å². The van der Waals surface area contributed by atoms with Crippen molar-refractivity contribution >= 4 is 32.6 Å². The fourth-order valence-electron chi connectivity index (χ4n) is 2.62. The third-order valence-corrected chi connectivity index (χ3v) is 5.14. The van der Waals surface area contributed by atoms with E-state index >= 15 is 0 Å². The van der Waals surface area contributed by atoms with E-state index < -0.39 is 0 Å². The van der Waals surface area contributed by atoms with Gasteiger partial charge in [-0.2, -0.15) is 0 Å². The molecule has 0 atom stereocenters. The van der Waals surface area contributed by atoms with Crippen molar-refractivity contribution in [1.29, 1.82) is 0 Å². The van der Waals surface area contributed by atoms with Crippen molar-refractivity contribution in [1.82, 2.24) is 9.88 Å². The number of rotatable bonds is 9. The van der Waals surface area contributed by atoms with E-state index in [9.17, 15) is 4.79 Å². The highest BCUT2D eigenvalue weighted by Crippen LogP contribution is 2.28. The van der Waals surface area contributed by atoms with Gasteiger partial charge in [-0.3, -0.25) is 9.69 Å². The van der Waals surface area contributed by atoms with Crippen LogP contribution in [0.3, 0.4) is 0 Å². The van der Waals surface area contributed by atoms with Crippen LogP contribution in [0.2, 0.25) is 0 Å². The number of carbonyl (C=O) groups excluding carboxylic acids is 1. The molecular weight excluding hydrogens is 374 g/mol. The first-order valence-electron chi connectivity index (χ1n) is 9.23. The van der Waals surface area contributed by atoms with Gasteiger partial charge < -0.3 is 14.4 Å². The first kappa shape index (κ1) is 20.1. The van der Waals surface area contributed by atoms with E-state index in [1.54, 1.807) is 17.0 Å². The molecule has 0 bridgehead atoms. The summed E-state index contributed by atoms with van der Waals surface area (Å²) in [7, 11) is 3.97. The Bertz CT molecular complexity index is 876. The van der Waals surface area contributed by atoms with Crippen LogP contribution in [0.4, 0.5) is 5.13 Å². The number of nitrogens with zero attached hydrogens (tertiary/aromatic N) is 3. The van der Waals surface area contributed by atoms with Crippen LogP contribution in [0.15, 0.2) is 48.5 Å². The number of hydrogen-bond donors (Lipinski definition) is 0. The van der Waals surface area contributed by atoms with Gasteiger partial charge in [-0.25, -0.2) is 4.98 Å². The summed E-state index contributed by atoms with van der Waals surface area (Å²) in [5.74, 6) is 1.30. The maximum atomic E-state index is 12.9. The van der Waals surface area contributed by atoms with Crippen molar-refractivity contribution in [3.05, 3.63) is 48.5 Å². The first-order chi connectivity index (χ1) is 13.6. The molecule has 0 fully saturated rings. The molecule has 0 aliphatic heterocycles. The van der Waals surface area contributed by atoms with Gasteiger partial charge in [-0.15, -0.1) is 0 Å². The summed E-state index contributed by atoms with van der Waals surface area (Å²) >= 11 is 1.52. The zero-order valence-electron chi connectivity index (χ0n) is 16.4. The number of ether oxygens (including phenoxy) is 2. The second kappa shape index (κ2) is 9.52. The molecule has 28 heavy (non-hydrogen) atoms. The minimum absolute atomic E-state index is 0.0443. The summed E-state index contributed by atoms with van der Waals surface area (Å²) in [4.78, 5) is 21.3. The summed E-state index contributed by atoms with van der Waals surface area (Å²) in [6.07, 6.45) is 0. The molecular formula is C21H25N3O3S. The monoisotopic (exact) mass is 399 g/mol. The number of thiazole rings is 1. The molecule has 148 valence electrons. The van der Waals surface area contributed by atoms with E-state index in [-0.39, 0.29) is 12.5 Å². The third kappa shape index (κ3) is 5.21. The predicted molar refractivity (Wildman–Crippen MR) is 114 cm³/mol. The van der Waals surface area contributed by atoms with Crippen molar-refractivity contribution < 1.29 is 14.3 Å². The molecule has 0 radical (unpaired) electrons. The van der Waals surface area contributed by atoms with Gasteiger partial charge in [0, 0.05) is 13.1 Å². The highest BCUT2D eigenvalue weighted by atomic mass is 32.1. The molecule has 3 aromatic rings. The zero-order chi connectivity index (χ0) is 19.9. The molecule has 3 rings (SSSR count). The fourth-order valence-corrected chi connectivity index (χ4v) is 3.63. The van der Waals surface area contributed by atoms with Gasteiger partial charge in [0.25, 0.3) is 5.91 Å². The van der Waals surface area contributed by atoms with Crippen LogP contribution < -0.4 is 14.4 Å². The first-order valence-corrected chi connectivity index (χ1v) is 10.0. The lowest BCUT2D eigenvalue weighted by Crippen LogP contribution is -2.39. The van der Waals surface area contributed by atoms with Crippen LogP contribution in [0, 0.1) is 0 Å². The second-order valence-corrected chi connectivity index (χ2v) is 7.52. The number of aromatic nitrogens is 1. The standard InChI is InChI=1S/C21H25N3O3S/c1-4-26-16-9-11-17(12-10-16)27-15-20(25)24(14-13-23(2)3)21-22-18-7-5-6-8-19(18)28-21/h5-12H,4,13-15H2,1-3H3. The van der Waals surface area contributed by atoms with Gasteiger partial charge in [0.2, 0.25) is 0 Å². The van der Waals surface area contributed by atoms with Gasteiger partial charge >= 0.3 is 0 Å². The number of fused-ring (bicyclic) bond motifs is 1. The van der Waals surface area contributed by atoms with Crippen LogP contribution in [0.5, 0.6) is 11.5 Å². The Kier molecular flexibility index (Phi) is 6.84. The van der Waals surface area contributed by atoms with E-state index in [0.717, 1.165) is 22.5 Å². The van der Waals surface area contributed by atoms with Crippen molar-refractivity contribution in [2.45, 2.75) is 6.92 Å². The molecule has 0 saturated carbocycles. The highest BCUT2D eigenvalue weighted by Gasteiger charge is 2.20. The minimum Gasteiger partial charge on any atom is -0.494 e. The lowest BCUT2D eigenvalue weighted by Gasteiger charge is -2.22. The largest absolute Gasteiger partial charge is 0.494 e. The van der Waals surface area contributed by atoms with Gasteiger partial charge in [0.15, 0.2) is 11.7 Å². The normalized spacial score (nSPS) is 11.0. The molecule has 0 spiro atoms. The molecule has 7 heteroatoms. The van der Waals surface area contributed by atoms with Gasteiger partial charge in [-0.1, -0.05) is 23.5 Å². The molecule has 1 heterocycles. The average Bonchev–Trinajstić information content (AvgIpc) is 3.11. The Morgan fingerprint density at radius 1 is 1.00 bits per heavy atom. The SMILES string of the molecule is CCOc1ccc(OCC(=O)N(CCN(C)C)c2nc3ccccc3s2)cc1. The average molecular weight is 400 g/mol. The molecule has 2 aromatic carbocycles. The molecule has 0 saturated heterocycles. The number of benzene rings is 2. The van der Waals surface area contributed by atoms with Gasteiger partial charge in [0.1, 0.15) is 11.5 Å². The molecule has 0 aliphatic carbocycles. The van der Waals surface area contributed by atoms with Crippen molar-refractivity contribution in [2.75, 3.05) is 45.3 Å². The lowest BCUT2D eigenvalue weighted by molar-refractivity contribution is -0.120. The Morgan fingerprint density at radius 2 is 1.68 bits per heavy atom. The van der Waals surface area contributed by atoms with E-state index in [4.69, 9.17) is 9.47 Å². The van der Waals surface area contributed by atoms with E-state index in [0.29, 0.717) is 24.0 Å². The Balaban J connectivity index is 1.70. The summed E-state index contributed by atoms with van der Waals surface area (Å²) < 4.78 is 12.2. The quantitative estimate of drug-likeness (QED) is 0.550. The third-order valence-electron chi connectivity index (χ3n) is 4.08. The number of amides is 1. The molecule has 6 nitrogen and oxygen atoms in total. The maximum absolute atomic E-state index is 12.9. The lowest BCUT2D eigenvalue weighted by atomic mass is 10.3. The van der Waals surface area contributed by atoms with E-state index in [1.807, 2.05) is 62.3 Å². The number of anilines is 1. The maximum Gasteiger partial charge on any atom is 0.266 e. The second-order valence-electron chi connectivity index (χ2n) is 6.51. The molecule has 1 amide bonds. The van der Waals surface area contributed by atoms with E-state index in [2.05, 4.69) is 4.98 Å². The minimum atomic E-state index is -0.116. The summed E-state index contributed by atoms with van der Waals surface area (Å²) in [6, 6.07) is 15.2. The Hall–Kier alpha value is -2.64. The summed E-state index contributed by atoms with van der Waals surface area (Å²) in [5.41, 5.74) is 0.901. The topological polar surface area (TPSA) is 54.9 Å². The highest BCUT2D eigenvalue weighted by molar-refractivity contribution is 7.22. The number of para-hydroxylation sites is 1. The van der Waals surface area contributed by atoms with E-state index in [1.165, 1.54) is 11.3 Å². The molecule has 1 aromatic heterocycles. The van der Waals surface area contributed by atoms with Crippen LogP contribution in [-0.4, -0.2) is 56.2 Å².